The van der Waals surface area contributed by atoms with Crippen LogP contribution in [0.2, 0.25) is 0 Å². The molecule has 2 aromatic carbocycles. The molecule has 0 aromatic heterocycles. The topological polar surface area (TPSA) is 21.3 Å². The third-order valence-electron chi connectivity index (χ3n) is 3.22. The smallest absolute Gasteiger partial charge is 0.123 e. The Hall–Kier alpha value is -0.520. The van der Waals surface area contributed by atoms with Crippen LogP contribution >= 0.6 is 47.8 Å². The summed E-state index contributed by atoms with van der Waals surface area (Å²) in [5.74, 6) is 0.995. The molecule has 1 unspecified atom stereocenters. The maximum atomic E-state index is 5.94. The molecule has 5 heteroatoms. The molecule has 2 nitrogen and oxygen atoms in total. The third kappa shape index (κ3) is 3.21. The number of fused-ring (bicyclic) bond motifs is 1. The fourth-order valence-electron chi connectivity index (χ4n) is 2.26. The van der Waals surface area contributed by atoms with E-state index in [0.29, 0.717) is 0 Å². The van der Waals surface area contributed by atoms with Gasteiger partial charge < -0.3 is 10.1 Å². The Bertz CT molecular complexity index is 645. The summed E-state index contributed by atoms with van der Waals surface area (Å²) in [5.41, 5.74) is 2.34. The van der Waals surface area contributed by atoms with E-state index in [9.17, 15) is 0 Å². The fraction of sp³-hybridized carbons (Fsp3) is 0.200. The first kappa shape index (κ1) is 14.4. The number of nitrogens with one attached hydrogen (secondary N) is 1. The predicted molar refractivity (Wildman–Crippen MR) is 92.6 cm³/mol. The molecule has 0 amide bonds. The molecule has 1 N–H and O–H groups in total. The molecule has 2 aromatic rings. The Labute approximate surface area is 143 Å². The molecule has 3 rings (SSSR count). The van der Waals surface area contributed by atoms with E-state index in [1.807, 2.05) is 30.3 Å². The van der Waals surface area contributed by atoms with E-state index in [-0.39, 0.29) is 6.10 Å². The molecule has 0 saturated carbocycles. The summed E-state index contributed by atoms with van der Waals surface area (Å²) >= 11 is 10.5. The lowest BCUT2D eigenvalue weighted by atomic mass is 10.1. The Morgan fingerprint density at radius 1 is 1.05 bits per heavy atom. The Morgan fingerprint density at radius 3 is 2.60 bits per heavy atom. The number of ether oxygens (including phenoxy) is 1. The maximum absolute atomic E-state index is 5.94. The summed E-state index contributed by atoms with van der Waals surface area (Å²) in [6.45, 7) is 0.784. The van der Waals surface area contributed by atoms with Crippen LogP contribution in [0.4, 0.5) is 5.69 Å². The van der Waals surface area contributed by atoms with Crippen molar-refractivity contribution < 1.29 is 4.74 Å². The van der Waals surface area contributed by atoms with Gasteiger partial charge in [-0.3, -0.25) is 0 Å². The van der Waals surface area contributed by atoms with Crippen molar-refractivity contribution in [2.24, 2.45) is 0 Å². The Morgan fingerprint density at radius 2 is 1.80 bits per heavy atom. The summed E-state index contributed by atoms with van der Waals surface area (Å²) in [7, 11) is 0. The SMILES string of the molecule is Brc1ccc(NCC2Cc3cc(Br)ccc3O2)c(Br)c1. The van der Waals surface area contributed by atoms with Crippen LogP contribution in [0.3, 0.4) is 0 Å². The number of benzene rings is 2. The van der Waals surface area contributed by atoms with Gasteiger partial charge in [-0.2, -0.15) is 0 Å². The van der Waals surface area contributed by atoms with Crippen LogP contribution in [0.5, 0.6) is 5.75 Å². The molecule has 0 fully saturated rings. The summed E-state index contributed by atoms with van der Waals surface area (Å²) in [5, 5.41) is 3.43. The van der Waals surface area contributed by atoms with Crippen molar-refractivity contribution >= 4 is 53.5 Å². The number of rotatable bonds is 3. The average molecular weight is 462 g/mol. The molecular formula is C15H12Br3NO. The van der Waals surface area contributed by atoms with E-state index >= 15 is 0 Å². The van der Waals surface area contributed by atoms with E-state index in [2.05, 4.69) is 59.2 Å². The minimum absolute atomic E-state index is 0.176. The average Bonchev–Trinajstić information content (AvgIpc) is 2.79. The second-order valence-corrected chi connectivity index (χ2v) is 7.39. The van der Waals surface area contributed by atoms with Gasteiger partial charge in [-0.25, -0.2) is 0 Å². The van der Waals surface area contributed by atoms with Crippen molar-refractivity contribution in [3.63, 3.8) is 0 Å². The minimum Gasteiger partial charge on any atom is -0.488 e. The van der Waals surface area contributed by atoms with Gasteiger partial charge in [0.05, 0.1) is 6.54 Å². The van der Waals surface area contributed by atoms with Crippen LogP contribution in [0.15, 0.2) is 49.8 Å². The molecule has 104 valence electrons. The second-order valence-electron chi connectivity index (χ2n) is 4.70. The van der Waals surface area contributed by atoms with Gasteiger partial charge in [0.1, 0.15) is 11.9 Å². The minimum atomic E-state index is 0.176. The highest BCUT2D eigenvalue weighted by Crippen LogP contribution is 2.32. The van der Waals surface area contributed by atoms with Crippen LogP contribution in [0.25, 0.3) is 0 Å². The summed E-state index contributed by atoms with van der Waals surface area (Å²) in [4.78, 5) is 0. The van der Waals surface area contributed by atoms with E-state index < -0.39 is 0 Å². The monoisotopic (exact) mass is 459 g/mol. The Balaban J connectivity index is 1.63. The molecule has 0 spiro atoms. The lowest BCUT2D eigenvalue weighted by Gasteiger charge is -2.14. The van der Waals surface area contributed by atoms with Crippen LogP contribution in [0, 0.1) is 0 Å². The largest absolute Gasteiger partial charge is 0.488 e. The molecule has 1 heterocycles. The molecule has 0 radical (unpaired) electrons. The van der Waals surface area contributed by atoms with Gasteiger partial charge in [-0.15, -0.1) is 0 Å². The molecule has 1 aliphatic rings. The van der Waals surface area contributed by atoms with E-state index in [0.717, 1.165) is 37.8 Å². The number of hydrogen-bond donors (Lipinski definition) is 1. The second kappa shape index (κ2) is 6.08. The fourth-order valence-corrected chi connectivity index (χ4v) is 3.86. The normalized spacial score (nSPS) is 16.6. The highest BCUT2D eigenvalue weighted by atomic mass is 79.9. The van der Waals surface area contributed by atoms with Crippen LogP contribution < -0.4 is 10.1 Å². The Kier molecular flexibility index (Phi) is 4.38. The van der Waals surface area contributed by atoms with Crippen molar-refractivity contribution in [1.29, 1.82) is 0 Å². The highest BCUT2D eigenvalue weighted by molar-refractivity contribution is 9.11. The van der Waals surface area contributed by atoms with E-state index in [1.165, 1.54) is 5.56 Å². The van der Waals surface area contributed by atoms with Crippen molar-refractivity contribution in [2.75, 3.05) is 11.9 Å². The van der Waals surface area contributed by atoms with Gasteiger partial charge in [-0.1, -0.05) is 31.9 Å². The zero-order chi connectivity index (χ0) is 14.1. The molecule has 1 aliphatic heterocycles. The van der Waals surface area contributed by atoms with Gasteiger partial charge in [0.2, 0.25) is 0 Å². The first-order valence-corrected chi connectivity index (χ1v) is 8.64. The molecule has 0 saturated heterocycles. The number of hydrogen-bond acceptors (Lipinski definition) is 2. The third-order valence-corrected chi connectivity index (χ3v) is 4.86. The summed E-state index contributed by atoms with van der Waals surface area (Å²) in [6, 6.07) is 12.3. The van der Waals surface area contributed by atoms with Gasteiger partial charge in [0.25, 0.3) is 0 Å². The first-order chi connectivity index (χ1) is 9.61. The standard InChI is InChI=1S/C15H12Br3NO/c16-10-2-4-15-9(5-10)6-12(20-15)8-19-14-3-1-11(17)7-13(14)18/h1-5,7,12,19H,6,8H2. The van der Waals surface area contributed by atoms with Gasteiger partial charge in [-0.05, 0) is 57.9 Å². The van der Waals surface area contributed by atoms with Gasteiger partial charge in [0.15, 0.2) is 0 Å². The highest BCUT2D eigenvalue weighted by Gasteiger charge is 2.22. The molecule has 0 aliphatic carbocycles. The molecule has 1 atom stereocenters. The summed E-state index contributed by atoms with van der Waals surface area (Å²) in [6.07, 6.45) is 1.12. The predicted octanol–water partition coefficient (Wildman–Crippen LogP) is 5.39. The first-order valence-electron chi connectivity index (χ1n) is 6.26. The molecule has 20 heavy (non-hydrogen) atoms. The molecule has 0 bridgehead atoms. The van der Waals surface area contributed by atoms with Crippen molar-refractivity contribution in [1.82, 2.24) is 0 Å². The summed E-state index contributed by atoms with van der Waals surface area (Å²) < 4.78 is 9.15. The maximum Gasteiger partial charge on any atom is 0.123 e. The van der Waals surface area contributed by atoms with E-state index in [4.69, 9.17) is 4.74 Å². The van der Waals surface area contributed by atoms with Crippen LogP contribution in [-0.2, 0) is 6.42 Å². The quantitative estimate of drug-likeness (QED) is 0.661. The number of halogens is 3. The van der Waals surface area contributed by atoms with Crippen LogP contribution in [0.1, 0.15) is 5.56 Å². The van der Waals surface area contributed by atoms with Crippen LogP contribution in [-0.4, -0.2) is 12.6 Å². The van der Waals surface area contributed by atoms with E-state index in [1.54, 1.807) is 0 Å². The van der Waals surface area contributed by atoms with Gasteiger partial charge >= 0.3 is 0 Å². The van der Waals surface area contributed by atoms with Crippen molar-refractivity contribution in [3.05, 3.63) is 55.4 Å². The zero-order valence-corrected chi connectivity index (χ0v) is 15.3. The molecular weight excluding hydrogens is 450 g/mol. The van der Waals surface area contributed by atoms with Crippen molar-refractivity contribution in [2.45, 2.75) is 12.5 Å². The lowest BCUT2D eigenvalue weighted by Crippen LogP contribution is -2.24. The van der Waals surface area contributed by atoms with Crippen molar-refractivity contribution in [3.8, 4) is 5.75 Å². The number of anilines is 1. The van der Waals surface area contributed by atoms with Gasteiger partial charge in [0, 0.05) is 25.5 Å². The lowest BCUT2D eigenvalue weighted by molar-refractivity contribution is 0.246. The zero-order valence-electron chi connectivity index (χ0n) is 10.5.